The van der Waals surface area contributed by atoms with Gasteiger partial charge in [-0.1, -0.05) is 13.0 Å². The summed E-state index contributed by atoms with van der Waals surface area (Å²) >= 11 is 0. The molecule has 2 unspecified atom stereocenters. The smallest absolute Gasteiger partial charge is 0.243 e. The summed E-state index contributed by atoms with van der Waals surface area (Å²) in [6, 6.07) is 3.79. The first kappa shape index (κ1) is 16.5. The van der Waals surface area contributed by atoms with Crippen LogP contribution >= 0.6 is 0 Å². The monoisotopic (exact) mass is 310 g/mol. The molecule has 1 aromatic rings. The zero-order chi connectivity index (χ0) is 15.8. The number of aryl methyl sites for hydroxylation is 2. The van der Waals surface area contributed by atoms with E-state index in [1.54, 1.807) is 7.05 Å². The van der Waals surface area contributed by atoms with Gasteiger partial charge < -0.3 is 5.32 Å². The average Bonchev–Trinajstić information content (AvgIpc) is 3.08. The molecule has 0 bridgehead atoms. The van der Waals surface area contributed by atoms with Gasteiger partial charge in [0.15, 0.2) is 0 Å². The summed E-state index contributed by atoms with van der Waals surface area (Å²) in [6.07, 6.45) is 1.14. The molecule has 1 aliphatic carbocycles. The minimum absolute atomic E-state index is 0.439. The molecule has 0 spiro atoms. The number of hydrogen-bond donors (Lipinski definition) is 1. The van der Waals surface area contributed by atoms with E-state index in [0.717, 1.165) is 23.1 Å². The van der Waals surface area contributed by atoms with Gasteiger partial charge in [0.05, 0.1) is 4.90 Å². The van der Waals surface area contributed by atoms with Crippen molar-refractivity contribution in [3.63, 3.8) is 0 Å². The summed E-state index contributed by atoms with van der Waals surface area (Å²) in [5, 5.41) is 3.09. The van der Waals surface area contributed by atoms with Crippen molar-refractivity contribution in [2.45, 2.75) is 38.6 Å². The van der Waals surface area contributed by atoms with Gasteiger partial charge in [-0.3, -0.25) is 0 Å². The Kier molecular flexibility index (Phi) is 4.76. The van der Waals surface area contributed by atoms with Gasteiger partial charge in [-0.2, -0.15) is 0 Å². The zero-order valence-electron chi connectivity index (χ0n) is 13.6. The summed E-state index contributed by atoms with van der Waals surface area (Å²) in [7, 11) is 0.161. The minimum atomic E-state index is -3.40. The molecule has 2 atom stereocenters. The maximum absolute atomic E-state index is 12.8. The Morgan fingerprint density at radius 1 is 1.29 bits per heavy atom. The fourth-order valence-electron chi connectivity index (χ4n) is 2.78. The second kappa shape index (κ2) is 6.07. The van der Waals surface area contributed by atoms with Crippen molar-refractivity contribution in [1.82, 2.24) is 9.62 Å². The van der Waals surface area contributed by atoms with Gasteiger partial charge >= 0.3 is 0 Å². The molecular formula is C16H26N2O2S. The van der Waals surface area contributed by atoms with Gasteiger partial charge in [0.2, 0.25) is 10.0 Å². The molecule has 0 amide bonds. The summed E-state index contributed by atoms with van der Waals surface area (Å²) in [5.41, 5.74) is 2.98. The third-order valence-corrected chi connectivity index (χ3v) is 6.42. The molecular weight excluding hydrogens is 284 g/mol. The lowest BCUT2D eigenvalue weighted by Gasteiger charge is -2.20. The van der Waals surface area contributed by atoms with E-state index >= 15 is 0 Å². The molecule has 0 heterocycles. The van der Waals surface area contributed by atoms with Crippen molar-refractivity contribution >= 4 is 10.0 Å². The van der Waals surface area contributed by atoms with Crippen molar-refractivity contribution < 1.29 is 8.42 Å². The highest BCUT2D eigenvalue weighted by molar-refractivity contribution is 7.89. The zero-order valence-corrected chi connectivity index (χ0v) is 14.4. The SMILES string of the molecule is CNCc1cc(S(=O)(=O)N(C)CC2CC2C)c(C)cc1C. The lowest BCUT2D eigenvalue weighted by molar-refractivity contribution is 0.444. The highest BCUT2D eigenvalue weighted by Gasteiger charge is 2.36. The second-order valence-corrected chi connectivity index (χ2v) is 8.35. The van der Waals surface area contributed by atoms with Gasteiger partial charge in [0.1, 0.15) is 0 Å². The van der Waals surface area contributed by atoms with E-state index in [1.165, 1.54) is 4.31 Å². The highest BCUT2D eigenvalue weighted by Crippen LogP contribution is 2.39. The second-order valence-electron chi connectivity index (χ2n) is 6.33. The Bertz CT molecular complexity index is 625. The number of rotatable bonds is 6. The third kappa shape index (κ3) is 3.47. The van der Waals surface area contributed by atoms with Crippen LogP contribution in [-0.4, -0.2) is 33.4 Å². The summed E-state index contributed by atoms with van der Waals surface area (Å²) in [5.74, 6) is 1.17. The molecule has 4 nitrogen and oxygen atoms in total. The lowest BCUT2D eigenvalue weighted by atomic mass is 10.1. The van der Waals surface area contributed by atoms with Crippen LogP contribution in [-0.2, 0) is 16.6 Å². The molecule has 1 fully saturated rings. The molecule has 0 aliphatic heterocycles. The molecule has 5 heteroatoms. The van der Waals surface area contributed by atoms with Crippen LogP contribution in [0.25, 0.3) is 0 Å². The molecule has 118 valence electrons. The summed E-state index contributed by atoms with van der Waals surface area (Å²) < 4.78 is 27.1. The van der Waals surface area contributed by atoms with Crippen LogP contribution in [0.15, 0.2) is 17.0 Å². The van der Waals surface area contributed by atoms with E-state index in [9.17, 15) is 8.42 Å². The van der Waals surface area contributed by atoms with E-state index in [4.69, 9.17) is 0 Å². The van der Waals surface area contributed by atoms with Crippen LogP contribution in [0.5, 0.6) is 0 Å². The molecule has 1 saturated carbocycles. The van der Waals surface area contributed by atoms with Gasteiger partial charge in [0, 0.05) is 20.1 Å². The number of nitrogens with zero attached hydrogens (tertiary/aromatic N) is 1. The predicted octanol–water partition coefficient (Wildman–Crippen LogP) is 2.30. The molecule has 1 N–H and O–H groups in total. The number of hydrogen-bond acceptors (Lipinski definition) is 3. The maximum atomic E-state index is 12.8. The molecule has 1 aromatic carbocycles. The van der Waals surface area contributed by atoms with Crippen LogP contribution in [0.4, 0.5) is 0 Å². The first-order valence-corrected chi connectivity index (χ1v) is 8.92. The third-order valence-electron chi connectivity index (χ3n) is 4.46. The largest absolute Gasteiger partial charge is 0.316 e. The average molecular weight is 310 g/mol. The fourth-order valence-corrected chi connectivity index (χ4v) is 4.26. The topological polar surface area (TPSA) is 49.4 Å². The van der Waals surface area contributed by atoms with Gasteiger partial charge in [-0.15, -0.1) is 0 Å². The molecule has 1 aliphatic rings. The fraction of sp³-hybridized carbons (Fsp3) is 0.625. The number of benzene rings is 1. The van der Waals surface area contributed by atoms with Crippen molar-refractivity contribution in [3.8, 4) is 0 Å². The number of sulfonamides is 1. The summed E-state index contributed by atoms with van der Waals surface area (Å²) in [6.45, 7) is 7.37. The van der Waals surface area contributed by atoms with E-state index in [1.807, 2.05) is 33.0 Å². The summed E-state index contributed by atoms with van der Waals surface area (Å²) in [4.78, 5) is 0.439. The van der Waals surface area contributed by atoms with Crippen LogP contribution in [0, 0.1) is 25.7 Å². The minimum Gasteiger partial charge on any atom is -0.316 e. The van der Waals surface area contributed by atoms with Gasteiger partial charge in [-0.05, 0) is 61.9 Å². The Morgan fingerprint density at radius 3 is 2.43 bits per heavy atom. The van der Waals surface area contributed by atoms with Crippen LogP contribution < -0.4 is 5.32 Å². The van der Waals surface area contributed by atoms with Gasteiger partial charge in [-0.25, -0.2) is 12.7 Å². The maximum Gasteiger partial charge on any atom is 0.243 e. The Hall–Kier alpha value is -0.910. The van der Waals surface area contributed by atoms with E-state index < -0.39 is 10.0 Å². The first-order valence-electron chi connectivity index (χ1n) is 7.48. The van der Waals surface area contributed by atoms with Crippen molar-refractivity contribution in [3.05, 3.63) is 28.8 Å². The van der Waals surface area contributed by atoms with Gasteiger partial charge in [0.25, 0.3) is 0 Å². The Labute approximate surface area is 128 Å². The van der Waals surface area contributed by atoms with Crippen molar-refractivity contribution in [2.24, 2.45) is 11.8 Å². The van der Waals surface area contributed by atoms with Crippen LogP contribution in [0.2, 0.25) is 0 Å². The normalized spacial score (nSPS) is 21.8. The lowest BCUT2D eigenvalue weighted by Crippen LogP contribution is -2.30. The van der Waals surface area contributed by atoms with Crippen molar-refractivity contribution in [1.29, 1.82) is 0 Å². The highest BCUT2D eigenvalue weighted by atomic mass is 32.2. The Morgan fingerprint density at radius 2 is 1.90 bits per heavy atom. The van der Waals surface area contributed by atoms with Crippen molar-refractivity contribution in [2.75, 3.05) is 20.6 Å². The predicted molar refractivity (Wildman–Crippen MR) is 85.8 cm³/mol. The van der Waals surface area contributed by atoms with E-state index in [0.29, 0.717) is 29.8 Å². The Balaban J connectivity index is 2.32. The molecule has 2 rings (SSSR count). The quantitative estimate of drug-likeness (QED) is 0.877. The van der Waals surface area contributed by atoms with Crippen LogP contribution in [0.3, 0.4) is 0 Å². The molecule has 0 saturated heterocycles. The molecule has 21 heavy (non-hydrogen) atoms. The molecule has 0 radical (unpaired) electrons. The number of nitrogens with one attached hydrogen (secondary N) is 1. The van der Waals surface area contributed by atoms with Crippen LogP contribution in [0.1, 0.15) is 30.0 Å². The standard InChI is InChI=1S/C16H26N2O2S/c1-11-6-13(3)16(8-14(11)9-17-4)21(19,20)18(5)10-15-7-12(15)2/h6,8,12,15,17H,7,9-10H2,1-5H3. The van der Waals surface area contributed by atoms with E-state index in [2.05, 4.69) is 12.2 Å². The van der Waals surface area contributed by atoms with E-state index in [-0.39, 0.29) is 0 Å². The first-order chi connectivity index (χ1) is 9.77. The molecule has 0 aromatic heterocycles.